The number of nitrogens with one attached hydrogen (secondary N) is 1. The molecule has 1 aromatic heterocycles. The van der Waals surface area contributed by atoms with Gasteiger partial charge in [-0.1, -0.05) is 23.7 Å². The number of ether oxygens (including phenoxy) is 1. The summed E-state index contributed by atoms with van der Waals surface area (Å²) in [4.78, 5) is 15.1. The van der Waals surface area contributed by atoms with Gasteiger partial charge in [0.05, 0.1) is 18.0 Å². The number of carbonyl (C=O) groups is 1. The third-order valence-corrected chi connectivity index (χ3v) is 4.71. The Labute approximate surface area is 146 Å². The first kappa shape index (κ1) is 17.6. The summed E-state index contributed by atoms with van der Waals surface area (Å²) in [6.07, 6.45) is 0.790. The number of amides is 2. The highest BCUT2D eigenvalue weighted by atomic mass is 35.5. The highest BCUT2D eigenvalue weighted by molar-refractivity contribution is 7.16. The highest BCUT2D eigenvalue weighted by Crippen LogP contribution is 2.22. The molecule has 0 saturated heterocycles. The van der Waals surface area contributed by atoms with Gasteiger partial charge < -0.3 is 15.0 Å². The fourth-order valence-corrected chi connectivity index (χ4v) is 3.27. The van der Waals surface area contributed by atoms with Crippen LogP contribution >= 0.6 is 22.9 Å². The summed E-state index contributed by atoms with van der Waals surface area (Å²) in [6.45, 7) is 3.82. The fraction of sp³-hybridized carbons (Fsp3) is 0.353. The van der Waals surface area contributed by atoms with Crippen molar-refractivity contribution >= 4 is 29.0 Å². The third kappa shape index (κ3) is 5.44. The van der Waals surface area contributed by atoms with Crippen molar-refractivity contribution in [1.82, 2.24) is 10.2 Å². The minimum Gasteiger partial charge on any atom is -0.497 e. The molecule has 1 heterocycles. The first-order chi connectivity index (χ1) is 11.1. The monoisotopic (exact) mass is 352 g/mol. The Kier molecular flexibility index (Phi) is 6.74. The van der Waals surface area contributed by atoms with E-state index < -0.39 is 0 Å². The van der Waals surface area contributed by atoms with Crippen LogP contribution in [0.25, 0.3) is 0 Å². The van der Waals surface area contributed by atoms with Crippen LogP contribution in [0, 0.1) is 0 Å². The molecule has 2 rings (SSSR count). The largest absolute Gasteiger partial charge is 0.497 e. The molecule has 0 spiro atoms. The highest BCUT2D eigenvalue weighted by Gasteiger charge is 2.12. The Balaban J connectivity index is 1.79. The Morgan fingerprint density at radius 2 is 2.00 bits per heavy atom. The van der Waals surface area contributed by atoms with Gasteiger partial charge in [-0.3, -0.25) is 0 Å². The van der Waals surface area contributed by atoms with Crippen molar-refractivity contribution in [2.24, 2.45) is 0 Å². The zero-order valence-electron chi connectivity index (χ0n) is 13.3. The van der Waals surface area contributed by atoms with Crippen molar-refractivity contribution in [2.45, 2.75) is 19.9 Å². The van der Waals surface area contributed by atoms with Crippen molar-refractivity contribution in [2.75, 3.05) is 20.2 Å². The number of benzene rings is 1. The van der Waals surface area contributed by atoms with Gasteiger partial charge in [-0.2, -0.15) is 0 Å². The lowest BCUT2D eigenvalue weighted by molar-refractivity contribution is 0.199. The smallest absolute Gasteiger partial charge is 0.317 e. The fourth-order valence-electron chi connectivity index (χ4n) is 2.17. The van der Waals surface area contributed by atoms with Crippen LogP contribution in [0.4, 0.5) is 4.79 Å². The average Bonchev–Trinajstić information content (AvgIpc) is 2.98. The van der Waals surface area contributed by atoms with Crippen LogP contribution < -0.4 is 10.1 Å². The molecule has 0 aliphatic rings. The lowest BCUT2D eigenvalue weighted by Gasteiger charge is -2.20. The number of carbonyl (C=O) groups excluding carboxylic acids is 1. The predicted molar refractivity (Wildman–Crippen MR) is 95.5 cm³/mol. The molecule has 2 amide bonds. The summed E-state index contributed by atoms with van der Waals surface area (Å²) in [5, 5.41) is 2.97. The molecule has 0 aliphatic carbocycles. The van der Waals surface area contributed by atoms with E-state index >= 15 is 0 Å². The molecular weight excluding hydrogens is 332 g/mol. The van der Waals surface area contributed by atoms with Gasteiger partial charge in [0.2, 0.25) is 0 Å². The van der Waals surface area contributed by atoms with Crippen molar-refractivity contribution in [3.63, 3.8) is 0 Å². The molecule has 23 heavy (non-hydrogen) atoms. The van der Waals surface area contributed by atoms with Crippen LogP contribution in [0.5, 0.6) is 5.75 Å². The van der Waals surface area contributed by atoms with Gasteiger partial charge in [0.1, 0.15) is 5.75 Å². The lowest BCUT2D eigenvalue weighted by Crippen LogP contribution is -2.40. The van der Waals surface area contributed by atoms with Crippen LogP contribution in [-0.2, 0) is 13.0 Å². The predicted octanol–water partition coefficient (Wildman–Crippen LogP) is 4.18. The molecule has 0 atom stereocenters. The summed E-state index contributed by atoms with van der Waals surface area (Å²) in [5.74, 6) is 0.838. The molecule has 4 nitrogen and oxygen atoms in total. The van der Waals surface area contributed by atoms with Crippen LogP contribution in [0.15, 0.2) is 36.4 Å². The number of thiophene rings is 1. The van der Waals surface area contributed by atoms with Crippen molar-refractivity contribution in [3.8, 4) is 5.75 Å². The van der Waals surface area contributed by atoms with Crippen LogP contribution in [0.2, 0.25) is 4.34 Å². The number of nitrogens with zero attached hydrogens (tertiary/aromatic N) is 1. The van der Waals surface area contributed by atoms with E-state index in [9.17, 15) is 4.79 Å². The second kappa shape index (κ2) is 8.79. The minimum absolute atomic E-state index is 0.0504. The van der Waals surface area contributed by atoms with E-state index in [1.54, 1.807) is 12.0 Å². The Hall–Kier alpha value is -1.72. The number of methoxy groups -OCH3 is 1. The van der Waals surface area contributed by atoms with E-state index in [2.05, 4.69) is 5.32 Å². The molecular formula is C17H21ClN2O2S. The molecule has 0 saturated carbocycles. The zero-order valence-corrected chi connectivity index (χ0v) is 14.9. The molecule has 0 unspecified atom stereocenters. The van der Waals surface area contributed by atoms with Crippen LogP contribution in [-0.4, -0.2) is 31.1 Å². The minimum atomic E-state index is -0.0504. The Morgan fingerprint density at radius 3 is 2.57 bits per heavy atom. The SMILES string of the molecule is CCN(Cc1ccc(Cl)s1)C(=O)NCCc1ccc(OC)cc1. The molecule has 1 aromatic carbocycles. The van der Waals surface area contributed by atoms with E-state index in [-0.39, 0.29) is 6.03 Å². The van der Waals surface area contributed by atoms with Crippen LogP contribution in [0.1, 0.15) is 17.4 Å². The molecule has 6 heteroatoms. The Bertz CT molecular complexity index is 628. The molecule has 0 aliphatic heterocycles. The summed E-state index contributed by atoms with van der Waals surface area (Å²) < 4.78 is 5.88. The maximum atomic E-state index is 12.2. The van der Waals surface area contributed by atoms with Gasteiger partial charge in [-0.05, 0) is 43.2 Å². The summed E-state index contributed by atoms with van der Waals surface area (Å²) in [5.41, 5.74) is 1.17. The number of urea groups is 1. The van der Waals surface area contributed by atoms with Gasteiger partial charge in [-0.15, -0.1) is 11.3 Å². The summed E-state index contributed by atoms with van der Waals surface area (Å²) in [6, 6.07) is 11.6. The normalized spacial score (nSPS) is 10.4. The zero-order chi connectivity index (χ0) is 16.7. The van der Waals surface area contributed by atoms with Gasteiger partial charge in [0.15, 0.2) is 0 Å². The van der Waals surface area contributed by atoms with Gasteiger partial charge in [0.25, 0.3) is 0 Å². The van der Waals surface area contributed by atoms with Gasteiger partial charge in [0, 0.05) is 18.0 Å². The van der Waals surface area contributed by atoms with Crippen molar-refractivity contribution < 1.29 is 9.53 Å². The number of halogens is 1. The number of hydrogen-bond donors (Lipinski definition) is 1. The molecule has 124 valence electrons. The van der Waals surface area contributed by atoms with E-state index in [0.717, 1.165) is 21.4 Å². The maximum Gasteiger partial charge on any atom is 0.317 e. The van der Waals surface area contributed by atoms with E-state index in [1.807, 2.05) is 43.3 Å². The standard InChI is InChI=1S/C17H21ClN2O2S/c1-3-20(12-15-8-9-16(18)23-15)17(21)19-11-10-13-4-6-14(22-2)7-5-13/h4-9H,3,10-12H2,1-2H3,(H,19,21). The van der Waals surface area contributed by atoms with E-state index in [1.165, 1.54) is 16.9 Å². The van der Waals surface area contributed by atoms with Gasteiger partial charge >= 0.3 is 6.03 Å². The second-order valence-corrected chi connectivity index (χ2v) is 6.85. The Morgan fingerprint density at radius 1 is 1.26 bits per heavy atom. The lowest BCUT2D eigenvalue weighted by atomic mass is 10.1. The number of rotatable bonds is 7. The van der Waals surface area contributed by atoms with E-state index in [4.69, 9.17) is 16.3 Å². The summed E-state index contributed by atoms with van der Waals surface area (Å²) in [7, 11) is 1.65. The molecule has 2 aromatic rings. The van der Waals surface area contributed by atoms with Crippen molar-refractivity contribution in [3.05, 3.63) is 51.2 Å². The molecule has 0 fully saturated rings. The molecule has 0 bridgehead atoms. The quantitative estimate of drug-likeness (QED) is 0.812. The maximum absolute atomic E-state index is 12.2. The second-order valence-electron chi connectivity index (χ2n) is 5.05. The van der Waals surface area contributed by atoms with Crippen LogP contribution in [0.3, 0.4) is 0 Å². The third-order valence-electron chi connectivity index (χ3n) is 3.49. The average molecular weight is 353 g/mol. The molecule has 0 radical (unpaired) electrons. The first-order valence-electron chi connectivity index (χ1n) is 7.52. The summed E-state index contributed by atoms with van der Waals surface area (Å²) >= 11 is 7.44. The van der Waals surface area contributed by atoms with E-state index in [0.29, 0.717) is 19.6 Å². The first-order valence-corrected chi connectivity index (χ1v) is 8.71. The van der Waals surface area contributed by atoms with Gasteiger partial charge in [-0.25, -0.2) is 4.79 Å². The topological polar surface area (TPSA) is 41.6 Å². The molecule has 1 N–H and O–H groups in total. The van der Waals surface area contributed by atoms with Crippen molar-refractivity contribution in [1.29, 1.82) is 0 Å². The number of hydrogen-bond acceptors (Lipinski definition) is 3.